The lowest BCUT2D eigenvalue weighted by Gasteiger charge is -2.16. The summed E-state index contributed by atoms with van der Waals surface area (Å²) in [6.45, 7) is 7.04. The maximum absolute atomic E-state index is 12.6. The first-order valence-corrected chi connectivity index (χ1v) is 9.70. The van der Waals surface area contributed by atoms with E-state index in [9.17, 15) is 13.2 Å². The molecule has 2 rings (SSSR count). The molecule has 0 fully saturated rings. The molecule has 0 radical (unpaired) electrons. The number of benzene rings is 1. The van der Waals surface area contributed by atoms with Crippen LogP contribution in [-0.2, 0) is 28.4 Å². The van der Waals surface area contributed by atoms with Gasteiger partial charge in [-0.15, -0.1) is 0 Å². The average molecular weight is 369 g/mol. The molecule has 0 amide bonds. The number of rotatable bonds is 5. The minimum absolute atomic E-state index is 0.0560. The van der Waals surface area contributed by atoms with Gasteiger partial charge in [-0.1, -0.05) is 17.7 Å². The maximum atomic E-state index is 12.6. The Bertz CT molecular complexity index is 914. The fourth-order valence-electron chi connectivity index (χ4n) is 3.02. The predicted octanol–water partition coefficient (Wildman–Crippen LogP) is 3.32. The summed E-state index contributed by atoms with van der Waals surface area (Å²) in [5, 5.41) is 0.391. The van der Waals surface area contributed by atoms with E-state index in [0.717, 1.165) is 16.7 Å². The van der Waals surface area contributed by atoms with Crippen molar-refractivity contribution in [2.24, 2.45) is 7.05 Å². The van der Waals surface area contributed by atoms with Gasteiger partial charge in [0, 0.05) is 12.6 Å². The molecule has 0 spiro atoms. The molecule has 1 aromatic heterocycles. The number of nitrogens with zero attached hydrogens (tertiary/aromatic N) is 2. The molecule has 0 N–H and O–H groups in total. The molecule has 1 heterocycles. The number of carbonyl (C=O) groups excluding carboxylic acids is 1. The molecule has 7 heteroatoms. The summed E-state index contributed by atoms with van der Waals surface area (Å²) >= 11 is 5.91. The van der Waals surface area contributed by atoms with Crippen LogP contribution in [0.2, 0.25) is 5.15 Å². The second-order valence-corrected chi connectivity index (χ2v) is 8.59. The monoisotopic (exact) mass is 368 g/mol. The van der Waals surface area contributed by atoms with Crippen LogP contribution < -0.4 is 0 Å². The summed E-state index contributed by atoms with van der Waals surface area (Å²) in [7, 11) is -1.77. The molecule has 0 bridgehead atoms. The van der Waals surface area contributed by atoms with Crippen LogP contribution in [0.1, 0.15) is 45.4 Å². The van der Waals surface area contributed by atoms with Crippen molar-refractivity contribution in [3.63, 3.8) is 0 Å². The van der Waals surface area contributed by atoms with Crippen molar-refractivity contribution in [3.8, 4) is 0 Å². The number of Topliss-reactive ketones (excluding diaryl/α,β-unsaturated/α-hetero) is 1. The number of aromatic nitrogens is 2. The van der Waals surface area contributed by atoms with Gasteiger partial charge in [-0.25, -0.2) is 13.4 Å². The molecule has 0 atom stereocenters. The first-order valence-electron chi connectivity index (χ1n) is 7.50. The zero-order chi connectivity index (χ0) is 18.2. The number of hydrogen-bond donors (Lipinski definition) is 0. The highest BCUT2D eigenvalue weighted by Gasteiger charge is 2.22. The zero-order valence-electron chi connectivity index (χ0n) is 14.5. The standard InChI is InChI=1S/C17H21ClN2O3S/c1-10-6-11(2)17(13(4)21)12(3)14(10)8-24(22,23)9-16-19-7-15(18)20(16)5/h6-7H,8-9H2,1-5H3. The quantitative estimate of drug-likeness (QED) is 0.759. The van der Waals surface area contributed by atoms with E-state index in [2.05, 4.69) is 4.98 Å². The molecule has 5 nitrogen and oxygen atoms in total. The van der Waals surface area contributed by atoms with Gasteiger partial charge in [-0.3, -0.25) is 4.79 Å². The Labute approximate surface area is 147 Å². The normalized spacial score (nSPS) is 11.8. The molecule has 1 aromatic carbocycles. The van der Waals surface area contributed by atoms with E-state index < -0.39 is 9.84 Å². The van der Waals surface area contributed by atoms with Gasteiger partial charge in [-0.2, -0.15) is 0 Å². The molecule has 0 saturated heterocycles. The highest BCUT2D eigenvalue weighted by molar-refractivity contribution is 7.89. The number of imidazole rings is 1. The summed E-state index contributed by atoms with van der Waals surface area (Å²) in [4.78, 5) is 15.9. The molecule has 24 heavy (non-hydrogen) atoms. The summed E-state index contributed by atoms with van der Waals surface area (Å²) < 4.78 is 26.8. The minimum Gasteiger partial charge on any atom is -0.321 e. The molecule has 0 aliphatic rings. The predicted molar refractivity (Wildman–Crippen MR) is 95.2 cm³/mol. The fraction of sp³-hybridized carbons (Fsp3) is 0.412. The van der Waals surface area contributed by atoms with Crippen LogP contribution in [0.15, 0.2) is 12.3 Å². The van der Waals surface area contributed by atoms with Crippen LogP contribution in [0.3, 0.4) is 0 Å². The van der Waals surface area contributed by atoms with Gasteiger partial charge >= 0.3 is 0 Å². The smallest absolute Gasteiger partial charge is 0.161 e. The second-order valence-electron chi connectivity index (χ2n) is 6.13. The van der Waals surface area contributed by atoms with Crippen molar-refractivity contribution in [2.45, 2.75) is 39.2 Å². The zero-order valence-corrected chi connectivity index (χ0v) is 16.0. The van der Waals surface area contributed by atoms with Crippen molar-refractivity contribution >= 4 is 27.2 Å². The van der Waals surface area contributed by atoms with Crippen LogP contribution >= 0.6 is 11.6 Å². The van der Waals surface area contributed by atoms with Gasteiger partial charge in [0.25, 0.3) is 0 Å². The highest BCUT2D eigenvalue weighted by Crippen LogP contribution is 2.25. The Kier molecular flexibility index (Phi) is 5.20. The summed E-state index contributed by atoms with van der Waals surface area (Å²) in [6.07, 6.45) is 1.43. The Morgan fingerprint density at radius 3 is 2.33 bits per heavy atom. The Morgan fingerprint density at radius 1 is 1.21 bits per heavy atom. The summed E-state index contributed by atoms with van der Waals surface area (Å²) in [5.74, 6) is 0.0161. The van der Waals surface area contributed by atoms with Crippen LogP contribution in [-0.4, -0.2) is 23.8 Å². The Morgan fingerprint density at radius 2 is 1.83 bits per heavy atom. The number of ketones is 1. The van der Waals surface area contributed by atoms with Crippen LogP contribution in [0.5, 0.6) is 0 Å². The van der Waals surface area contributed by atoms with Crippen LogP contribution in [0, 0.1) is 20.8 Å². The van der Waals surface area contributed by atoms with E-state index in [-0.39, 0.29) is 17.3 Å². The average Bonchev–Trinajstić information content (AvgIpc) is 2.74. The SMILES string of the molecule is CC(=O)c1c(C)cc(C)c(CS(=O)(=O)Cc2ncc(Cl)n2C)c1C. The van der Waals surface area contributed by atoms with Crippen molar-refractivity contribution in [2.75, 3.05) is 0 Å². The number of halogens is 1. The third kappa shape index (κ3) is 3.70. The van der Waals surface area contributed by atoms with E-state index in [1.165, 1.54) is 13.1 Å². The lowest BCUT2D eigenvalue weighted by molar-refractivity contribution is 0.101. The van der Waals surface area contributed by atoms with Crippen molar-refractivity contribution in [1.82, 2.24) is 9.55 Å². The first kappa shape index (κ1) is 18.7. The Hall–Kier alpha value is -1.66. The van der Waals surface area contributed by atoms with Crippen LogP contribution in [0.25, 0.3) is 0 Å². The number of sulfone groups is 1. The van der Waals surface area contributed by atoms with Gasteiger partial charge < -0.3 is 4.57 Å². The molecule has 130 valence electrons. The lowest BCUT2D eigenvalue weighted by atomic mass is 9.92. The van der Waals surface area contributed by atoms with Crippen molar-refractivity contribution in [1.29, 1.82) is 0 Å². The van der Waals surface area contributed by atoms with Gasteiger partial charge in [-0.05, 0) is 49.9 Å². The number of aryl methyl sites for hydroxylation is 2. The van der Waals surface area contributed by atoms with Gasteiger partial charge in [0.05, 0.1) is 11.9 Å². The van der Waals surface area contributed by atoms with E-state index >= 15 is 0 Å². The highest BCUT2D eigenvalue weighted by atomic mass is 35.5. The number of hydrogen-bond acceptors (Lipinski definition) is 4. The summed E-state index contributed by atoms with van der Waals surface area (Å²) in [6, 6.07) is 1.87. The third-order valence-corrected chi connectivity index (χ3v) is 6.00. The van der Waals surface area contributed by atoms with Gasteiger partial charge in [0.2, 0.25) is 0 Å². The van der Waals surface area contributed by atoms with E-state index in [0.29, 0.717) is 22.1 Å². The van der Waals surface area contributed by atoms with Crippen LogP contribution in [0.4, 0.5) is 0 Å². The summed E-state index contributed by atoms with van der Waals surface area (Å²) in [5.41, 5.74) is 3.77. The lowest BCUT2D eigenvalue weighted by Crippen LogP contribution is -2.14. The van der Waals surface area contributed by atoms with E-state index in [1.54, 1.807) is 18.5 Å². The number of carbonyl (C=O) groups is 1. The Balaban J connectivity index is 2.41. The molecular weight excluding hydrogens is 348 g/mol. The molecule has 0 aliphatic heterocycles. The third-order valence-electron chi connectivity index (χ3n) is 4.22. The maximum Gasteiger partial charge on any atom is 0.161 e. The topological polar surface area (TPSA) is 69.0 Å². The van der Waals surface area contributed by atoms with Crippen molar-refractivity contribution < 1.29 is 13.2 Å². The molecule has 0 saturated carbocycles. The van der Waals surface area contributed by atoms with Crippen molar-refractivity contribution in [3.05, 3.63) is 51.1 Å². The fourth-order valence-corrected chi connectivity index (χ4v) is 4.81. The largest absolute Gasteiger partial charge is 0.321 e. The van der Waals surface area contributed by atoms with E-state index in [1.807, 2.05) is 19.9 Å². The van der Waals surface area contributed by atoms with Gasteiger partial charge in [0.1, 0.15) is 16.7 Å². The second kappa shape index (κ2) is 6.69. The molecule has 2 aromatic rings. The minimum atomic E-state index is -3.45. The van der Waals surface area contributed by atoms with E-state index in [4.69, 9.17) is 11.6 Å². The first-order chi connectivity index (χ1) is 11.0. The molecule has 0 aliphatic carbocycles. The van der Waals surface area contributed by atoms with Gasteiger partial charge in [0.15, 0.2) is 15.6 Å². The molecule has 0 unspecified atom stereocenters. The molecular formula is C17H21ClN2O3S.